The van der Waals surface area contributed by atoms with Crippen LogP contribution in [0.2, 0.25) is 0 Å². The molecule has 32 rings (SSSR count). The summed E-state index contributed by atoms with van der Waals surface area (Å²) in [6.07, 6.45) is 0. The van der Waals surface area contributed by atoms with Gasteiger partial charge in [0.15, 0.2) is 11.6 Å². The number of hydrogen-bond donors (Lipinski definition) is 2. The zero-order chi connectivity index (χ0) is 91.9. The largest absolute Gasteiger partial charge is 1.00 e. The van der Waals surface area contributed by atoms with E-state index in [1.165, 1.54) is 178 Å². The van der Waals surface area contributed by atoms with E-state index in [1.54, 1.807) is 30.3 Å². The van der Waals surface area contributed by atoms with Gasteiger partial charge >= 0.3 is 0 Å². The Bertz CT molecular complexity index is 10200. The van der Waals surface area contributed by atoms with Crippen LogP contribution in [0.25, 0.3) is 194 Å². The highest BCUT2D eigenvalue weighted by Crippen LogP contribution is 2.60. The number of carbonyl (C=O) groups excluding carboxylic acids is 2. The maximum absolute atomic E-state index is 14.0. The molecule has 0 saturated carbocycles. The van der Waals surface area contributed by atoms with Gasteiger partial charge in [-0.25, -0.2) is 0 Å². The molecule has 0 spiro atoms. The first kappa shape index (κ1) is 79.5. The number of fused-ring (bicyclic) bond motifs is 12. The molecule has 4 atom stereocenters. The Morgan fingerprint density at radius 1 is 0.187 bits per heavy atom. The number of halogens is 1. The number of carbonyl (C=O) groups is 2. The number of aliphatic hydroxyl groups is 2. The summed E-state index contributed by atoms with van der Waals surface area (Å²) in [5.41, 5.74) is 11.7. The van der Waals surface area contributed by atoms with E-state index in [0.29, 0.717) is 44.5 Å². The van der Waals surface area contributed by atoms with Gasteiger partial charge in [-0.3, -0.25) is 9.59 Å². The van der Waals surface area contributed by atoms with Crippen LogP contribution >= 0.6 is 15.9 Å². The molecule has 0 amide bonds. The van der Waals surface area contributed by atoms with Crippen LogP contribution in [0, 0.1) is 0 Å². The molecule has 648 valence electrons. The molecule has 0 fully saturated rings. The van der Waals surface area contributed by atoms with E-state index in [4.69, 9.17) is 0 Å². The quantitative estimate of drug-likeness (QED) is 0.172. The second kappa shape index (κ2) is 30.0. The smallest absolute Gasteiger partial charge is 0.195 e. The van der Waals surface area contributed by atoms with Crippen molar-refractivity contribution in [2.45, 2.75) is 23.0 Å². The second-order valence-electron chi connectivity index (χ2n) is 38.2. The van der Waals surface area contributed by atoms with Gasteiger partial charge in [-0.2, -0.15) is 0 Å². The van der Waals surface area contributed by atoms with Crippen LogP contribution in [-0.4, -0.2) is 21.8 Å². The van der Waals surface area contributed by atoms with E-state index in [9.17, 15) is 19.8 Å². The molecule has 0 aliphatic heterocycles. The fraction of sp³-hybridized carbons (Fsp3) is 0.0299. The van der Waals surface area contributed by atoms with Crippen LogP contribution in [-0.2, 0) is 11.2 Å². The lowest BCUT2D eigenvalue weighted by molar-refractivity contribution is 0.0776. The Hall–Kier alpha value is -16.9. The number of benzene rings is 29. The molecular weight excluding hydrogens is 1750 g/mol. The van der Waals surface area contributed by atoms with Crippen LogP contribution in [0.5, 0.6) is 0 Å². The Kier molecular flexibility index (Phi) is 17.2. The van der Waals surface area contributed by atoms with Crippen molar-refractivity contribution in [2.24, 2.45) is 0 Å². The van der Waals surface area contributed by atoms with Gasteiger partial charge in [0.2, 0.25) is 0 Å². The van der Waals surface area contributed by atoms with Gasteiger partial charge in [-0.15, -0.1) is 0 Å². The highest BCUT2D eigenvalue weighted by atomic mass is 79.9. The van der Waals surface area contributed by atoms with Crippen LogP contribution in [0.15, 0.2) is 459 Å². The molecule has 4 unspecified atom stereocenters. The summed E-state index contributed by atoms with van der Waals surface area (Å²) >= 11 is 3.64. The van der Waals surface area contributed by atoms with E-state index in [1.807, 2.05) is 72.8 Å². The van der Waals surface area contributed by atoms with Gasteiger partial charge in [-0.1, -0.05) is 459 Å². The molecule has 2 N–H and O–H groups in total. The molecule has 5 heteroatoms. The number of ketones is 2. The summed E-state index contributed by atoms with van der Waals surface area (Å²) in [6, 6.07) is 162. The SMILES string of the molecule is Brc1ccc2ccc3cccc4ccc1c2c34.O=C1c2ccccc2C(=O)c2c1ccc1ccccc21.OC1(c2ccc3ccc4cccc5ccc2c3c45)c2ccccc2C(O)(c2ccc3ccc4cccc5ccc2c3c45)c2c1ccc1ccccc21.[H-].c1ccc2c(c1)C(c1ccc3ccc4cccc5ccc1c3c45)c1ccc3ccccc3c1C2c1ccc2ccc3cccc4ccc1c2c34. The zero-order valence-corrected chi connectivity index (χ0v) is 76.6. The first-order valence-electron chi connectivity index (χ1n) is 47.9. The Morgan fingerprint density at radius 2 is 0.482 bits per heavy atom. The normalized spacial score (nSPS) is 16.1. The summed E-state index contributed by atoms with van der Waals surface area (Å²) in [5, 5.41) is 72.0. The molecule has 29 aromatic carbocycles. The van der Waals surface area contributed by atoms with Crippen LogP contribution in [0.4, 0.5) is 0 Å². The molecule has 4 nitrogen and oxygen atoms in total. The van der Waals surface area contributed by atoms with Gasteiger partial charge < -0.3 is 11.6 Å². The number of rotatable bonds is 4. The summed E-state index contributed by atoms with van der Waals surface area (Å²) in [5.74, 6) is 0.0623. The zero-order valence-electron chi connectivity index (χ0n) is 76.0. The third-order valence-electron chi connectivity index (χ3n) is 31.5. The molecule has 139 heavy (non-hydrogen) atoms. The molecular formula is C134H80BrO4-. The summed E-state index contributed by atoms with van der Waals surface area (Å²) < 4.78 is 1.17. The standard InChI is InChI=1S/C50H30O2.C50H30.C18H10O2.C16H9Br.H/c51-49(39-26-22-34-17-15-30-8-5-10-32-19-24-37(39)46(34)44(30)32)41-13-3-4-14-42(41)50(52,48-36-12-2-1-7-29(36)21-28-43(48)49)40-27-23-35-18-16-31-9-6-11-33-20-25-38(40)47(35)45(31)33;1-2-12-36-29(7-1)19-28-43-48(41-26-22-34-17-15-30-8-5-10-32-20-24-39(41)46(34)44(30)32)37-13-3-4-14-38(37)50(49(36)43)42-27-23-35-18-16-31-9-6-11-33-21-25-40(42)47(35)45(31)33;19-17-13-7-3-4-8-14(13)18(20)16-12-6-2-1-5-11(12)9-10-15(16)17;17-14-9-7-12-5-4-10-2-1-3-11-6-8-13(14)16(12)15(10)11;/h1-28,51-52H;1-28,48,50H;1-10H;1-9H;/q;;;;-1. The van der Waals surface area contributed by atoms with E-state index >= 15 is 0 Å². The van der Waals surface area contributed by atoms with Crippen LogP contribution < -0.4 is 0 Å². The van der Waals surface area contributed by atoms with Gasteiger partial charge in [0.25, 0.3) is 0 Å². The van der Waals surface area contributed by atoms with Crippen molar-refractivity contribution in [1.29, 1.82) is 0 Å². The van der Waals surface area contributed by atoms with Crippen molar-refractivity contribution in [3.63, 3.8) is 0 Å². The minimum atomic E-state index is -1.59. The van der Waals surface area contributed by atoms with Crippen molar-refractivity contribution in [3.05, 3.63) is 548 Å². The fourth-order valence-electron chi connectivity index (χ4n) is 25.5. The van der Waals surface area contributed by atoms with Crippen LogP contribution in [0.1, 0.15) is 112 Å². The predicted molar refractivity (Wildman–Crippen MR) is 584 cm³/mol. The van der Waals surface area contributed by atoms with Gasteiger partial charge in [-0.05, 0) is 251 Å². The lowest BCUT2D eigenvalue weighted by atomic mass is 9.61. The molecule has 3 aliphatic rings. The molecule has 0 saturated heterocycles. The average molecular weight is 1830 g/mol. The Morgan fingerprint density at radius 3 is 0.978 bits per heavy atom. The minimum absolute atomic E-state index is 0. The Labute approximate surface area is 808 Å². The lowest BCUT2D eigenvalue weighted by Crippen LogP contribution is -2.44. The van der Waals surface area contributed by atoms with Crippen LogP contribution in [0.3, 0.4) is 0 Å². The fourth-order valence-corrected chi connectivity index (χ4v) is 26.0. The third-order valence-corrected chi connectivity index (χ3v) is 32.2. The maximum atomic E-state index is 14.0. The topological polar surface area (TPSA) is 74.6 Å². The average Bonchev–Trinajstić information content (AvgIpc) is 0.670. The third kappa shape index (κ3) is 11.3. The van der Waals surface area contributed by atoms with Crippen molar-refractivity contribution < 1.29 is 21.2 Å². The second-order valence-corrected chi connectivity index (χ2v) is 39.1. The summed E-state index contributed by atoms with van der Waals surface area (Å²) in [7, 11) is 0. The molecule has 29 aromatic rings. The van der Waals surface area contributed by atoms with E-state index < -0.39 is 11.2 Å². The van der Waals surface area contributed by atoms with Gasteiger partial charge in [0.1, 0.15) is 11.2 Å². The minimum Gasteiger partial charge on any atom is -1.00 e. The first-order chi connectivity index (χ1) is 68.5. The predicted octanol–water partition coefficient (Wildman–Crippen LogP) is 33.9. The van der Waals surface area contributed by atoms with Crippen molar-refractivity contribution >= 4 is 221 Å². The van der Waals surface area contributed by atoms with E-state index in [2.05, 4.69) is 368 Å². The van der Waals surface area contributed by atoms with E-state index in [0.717, 1.165) is 65.0 Å². The molecule has 0 bridgehead atoms. The number of hydrogen-bond acceptors (Lipinski definition) is 4. The first-order valence-corrected chi connectivity index (χ1v) is 48.6. The van der Waals surface area contributed by atoms with Crippen molar-refractivity contribution in [2.75, 3.05) is 0 Å². The molecule has 0 aromatic heterocycles. The monoisotopic (exact) mass is 1830 g/mol. The highest BCUT2D eigenvalue weighted by Gasteiger charge is 2.53. The Balaban J connectivity index is 0.000000101. The molecule has 0 heterocycles. The maximum Gasteiger partial charge on any atom is 0.195 e. The molecule has 3 aliphatic carbocycles. The summed E-state index contributed by atoms with van der Waals surface area (Å²) in [6.45, 7) is 0. The van der Waals surface area contributed by atoms with Gasteiger partial charge in [0.05, 0.1) is 0 Å². The lowest BCUT2D eigenvalue weighted by Gasteiger charge is -2.46. The van der Waals surface area contributed by atoms with E-state index in [-0.39, 0.29) is 24.8 Å². The van der Waals surface area contributed by atoms with Gasteiger partial charge in [0, 0.05) is 60.8 Å². The molecule has 0 radical (unpaired) electrons. The van der Waals surface area contributed by atoms with Crippen molar-refractivity contribution in [1.82, 2.24) is 0 Å². The highest BCUT2D eigenvalue weighted by molar-refractivity contribution is 9.10. The van der Waals surface area contributed by atoms with Crippen molar-refractivity contribution in [3.8, 4) is 0 Å². The summed E-state index contributed by atoms with van der Waals surface area (Å²) in [4.78, 5) is 25.3.